The fraction of sp³-hybridized carbons (Fsp3) is 0.267. The second-order valence-electron chi connectivity index (χ2n) is 9.65. The van der Waals surface area contributed by atoms with Crippen LogP contribution in [0.25, 0.3) is 11.8 Å². The minimum Gasteiger partial charge on any atom is -0.327 e. The van der Waals surface area contributed by atoms with E-state index in [-0.39, 0.29) is 0 Å². The van der Waals surface area contributed by atoms with Crippen molar-refractivity contribution in [3.63, 3.8) is 0 Å². The van der Waals surface area contributed by atoms with E-state index in [1.807, 2.05) is 25.4 Å². The van der Waals surface area contributed by atoms with Crippen molar-refractivity contribution in [2.45, 2.75) is 45.4 Å². The highest BCUT2D eigenvalue weighted by atomic mass is 35.5. The molecule has 0 saturated heterocycles. The largest absolute Gasteiger partial charge is 0.327 e. The summed E-state index contributed by atoms with van der Waals surface area (Å²) in [6.07, 6.45) is 15.0. The molecule has 3 nitrogen and oxygen atoms in total. The highest BCUT2D eigenvalue weighted by molar-refractivity contribution is 6.30. The van der Waals surface area contributed by atoms with E-state index < -0.39 is 0 Å². The number of aryl methyl sites for hydroxylation is 2. The monoisotopic (exact) mass is 465 g/mol. The van der Waals surface area contributed by atoms with Gasteiger partial charge in [-0.15, -0.1) is 0 Å². The molecule has 2 aromatic heterocycles. The van der Waals surface area contributed by atoms with E-state index in [4.69, 9.17) is 11.6 Å². The Kier molecular flexibility index (Phi) is 5.38. The minimum atomic E-state index is 0.330. The summed E-state index contributed by atoms with van der Waals surface area (Å²) < 4.78 is 2.31. The van der Waals surface area contributed by atoms with Crippen molar-refractivity contribution in [1.29, 1.82) is 0 Å². The highest BCUT2D eigenvalue weighted by Crippen LogP contribution is 2.33. The third-order valence-corrected chi connectivity index (χ3v) is 7.68. The van der Waals surface area contributed by atoms with Crippen LogP contribution in [0, 0.1) is 23.3 Å². The molecule has 4 heteroatoms. The van der Waals surface area contributed by atoms with Crippen LogP contribution in [0.1, 0.15) is 48.2 Å². The number of aromatic nitrogens is 3. The van der Waals surface area contributed by atoms with Crippen LogP contribution < -0.4 is 10.4 Å². The summed E-state index contributed by atoms with van der Waals surface area (Å²) in [5.74, 6) is 1.68. The molecule has 4 aromatic rings. The Hall–Kier alpha value is -3.17. The van der Waals surface area contributed by atoms with Crippen molar-refractivity contribution in [3.8, 4) is 0 Å². The third-order valence-electron chi connectivity index (χ3n) is 7.44. The first kappa shape index (κ1) is 21.4. The van der Waals surface area contributed by atoms with Crippen LogP contribution in [0.5, 0.6) is 0 Å². The molecule has 6 rings (SSSR count). The lowest BCUT2D eigenvalue weighted by Gasteiger charge is -2.29. The summed E-state index contributed by atoms with van der Waals surface area (Å²) in [5.41, 5.74) is 5.62. The van der Waals surface area contributed by atoms with Crippen LogP contribution in [0.4, 0.5) is 0 Å². The van der Waals surface area contributed by atoms with Crippen LogP contribution in [0.3, 0.4) is 0 Å². The molecule has 2 heterocycles. The number of benzene rings is 2. The molecule has 2 aromatic carbocycles. The number of hydrogen-bond acceptors (Lipinski definition) is 2. The first-order valence-electron chi connectivity index (χ1n) is 12.2. The van der Waals surface area contributed by atoms with Crippen molar-refractivity contribution in [2.24, 2.45) is 5.92 Å². The molecule has 2 unspecified atom stereocenters. The lowest BCUT2D eigenvalue weighted by Crippen LogP contribution is -2.29. The molecule has 2 atom stereocenters. The Labute approximate surface area is 204 Å². The van der Waals surface area contributed by atoms with Gasteiger partial charge in [0.15, 0.2) is 0 Å². The van der Waals surface area contributed by atoms with Gasteiger partial charge in [-0.3, -0.25) is 0 Å². The first-order valence-corrected chi connectivity index (χ1v) is 12.5. The molecule has 0 aliphatic heterocycles. The first-order chi connectivity index (χ1) is 16.6. The molecule has 0 bridgehead atoms. The second-order valence-corrected chi connectivity index (χ2v) is 10.1. The van der Waals surface area contributed by atoms with E-state index in [9.17, 15) is 0 Å². The van der Waals surface area contributed by atoms with Gasteiger partial charge in [-0.05, 0) is 100 Å². The summed E-state index contributed by atoms with van der Waals surface area (Å²) in [4.78, 5) is 8.81. The number of nitrogens with zero attached hydrogens (tertiary/aromatic N) is 3. The zero-order valence-corrected chi connectivity index (χ0v) is 20.4. The highest BCUT2D eigenvalue weighted by Gasteiger charge is 2.25. The summed E-state index contributed by atoms with van der Waals surface area (Å²) in [5, 5.41) is 6.09. The lowest BCUT2D eigenvalue weighted by molar-refractivity contribution is 0.606. The molecule has 0 saturated carbocycles. The SMILES string of the molecule is Cc1ncc(CCC2C=c3cc(Cl)ccc3=c3ccc4c(c32)CCC(C)C=4n2cccc2)cn1. The van der Waals surface area contributed by atoms with E-state index in [1.54, 1.807) is 0 Å². The van der Waals surface area contributed by atoms with Gasteiger partial charge in [0.2, 0.25) is 0 Å². The lowest BCUT2D eigenvalue weighted by atomic mass is 9.78. The van der Waals surface area contributed by atoms with Gasteiger partial charge < -0.3 is 4.57 Å². The molecular weight excluding hydrogens is 438 g/mol. The Morgan fingerprint density at radius 3 is 2.53 bits per heavy atom. The van der Waals surface area contributed by atoms with E-state index >= 15 is 0 Å². The number of fused-ring (bicyclic) bond motifs is 4. The maximum absolute atomic E-state index is 6.40. The second kappa shape index (κ2) is 8.56. The Balaban J connectivity index is 1.58. The molecule has 0 amide bonds. The van der Waals surface area contributed by atoms with Gasteiger partial charge >= 0.3 is 0 Å². The smallest absolute Gasteiger partial charge is 0.125 e. The fourth-order valence-corrected chi connectivity index (χ4v) is 5.98. The van der Waals surface area contributed by atoms with Gasteiger partial charge in [0.25, 0.3) is 0 Å². The van der Waals surface area contributed by atoms with E-state index in [0.29, 0.717) is 11.8 Å². The third kappa shape index (κ3) is 3.69. The van der Waals surface area contributed by atoms with E-state index in [2.05, 4.69) is 76.3 Å². The predicted octanol–water partition coefficient (Wildman–Crippen LogP) is 5.28. The Bertz CT molecular complexity index is 1580. The van der Waals surface area contributed by atoms with Gasteiger partial charge in [-0.25, -0.2) is 9.97 Å². The molecule has 0 fully saturated rings. The predicted molar refractivity (Wildman–Crippen MR) is 138 cm³/mol. The molecule has 0 spiro atoms. The van der Waals surface area contributed by atoms with Gasteiger partial charge in [0.05, 0.1) is 0 Å². The van der Waals surface area contributed by atoms with E-state index in [0.717, 1.165) is 30.1 Å². The van der Waals surface area contributed by atoms with Crippen LogP contribution in [0.2, 0.25) is 5.02 Å². The van der Waals surface area contributed by atoms with Gasteiger partial charge in [0.1, 0.15) is 5.82 Å². The molecule has 2 aliphatic carbocycles. The van der Waals surface area contributed by atoms with Crippen molar-refractivity contribution < 1.29 is 0 Å². The van der Waals surface area contributed by atoms with Crippen molar-refractivity contribution in [1.82, 2.24) is 14.5 Å². The minimum absolute atomic E-state index is 0.330. The zero-order chi connectivity index (χ0) is 23.2. The standard InChI is InChI=1S/C30H28ClN3/c1-19-5-9-27-28(30(19)34-13-3-4-14-34)12-11-26-25-10-8-24(31)16-23(25)15-22(29(26)27)7-6-21-17-32-20(2)33-18-21/h3-4,8,10-19,22H,5-7,9H2,1-2H3. The summed E-state index contributed by atoms with van der Waals surface area (Å²) in [7, 11) is 0. The summed E-state index contributed by atoms with van der Waals surface area (Å²) in [6, 6.07) is 15.2. The number of halogens is 1. The van der Waals surface area contributed by atoms with Gasteiger partial charge in [-0.1, -0.05) is 42.8 Å². The zero-order valence-electron chi connectivity index (χ0n) is 19.6. The molecule has 34 heavy (non-hydrogen) atoms. The number of rotatable bonds is 4. The van der Waals surface area contributed by atoms with Gasteiger partial charge in [0, 0.05) is 41.4 Å². The topological polar surface area (TPSA) is 30.7 Å². The molecule has 170 valence electrons. The molecular formula is C30H28ClN3. The van der Waals surface area contributed by atoms with Gasteiger partial charge in [-0.2, -0.15) is 0 Å². The normalized spacial score (nSPS) is 18.6. The fourth-order valence-electron chi connectivity index (χ4n) is 5.80. The van der Waals surface area contributed by atoms with Crippen LogP contribution in [0.15, 0.2) is 67.3 Å². The van der Waals surface area contributed by atoms with Crippen molar-refractivity contribution in [2.75, 3.05) is 0 Å². The maximum Gasteiger partial charge on any atom is 0.125 e. The Morgan fingerprint density at radius 1 is 1.00 bits per heavy atom. The molecule has 0 N–H and O–H groups in total. The quantitative estimate of drug-likeness (QED) is 0.410. The summed E-state index contributed by atoms with van der Waals surface area (Å²) in [6.45, 7) is 4.29. The molecule has 2 aliphatic rings. The number of hydrogen-bond donors (Lipinski definition) is 0. The summed E-state index contributed by atoms with van der Waals surface area (Å²) >= 11 is 6.40. The Morgan fingerprint density at radius 2 is 1.74 bits per heavy atom. The molecule has 0 radical (unpaired) electrons. The average molecular weight is 466 g/mol. The van der Waals surface area contributed by atoms with Crippen LogP contribution in [-0.4, -0.2) is 14.5 Å². The van der Waals surface area contributed by atoms with Crippen LogP contribution in [-0.2, 0) is 12.8 Å². The van der Waals surface area contributed by atoms with E-state index in [1.165, 1.54) is 49.7 Å². The van der Waals surface area contributed by atoms with Crippen molar-refractivity contribution in [3.05, 3.63) is 116 Å². The van der Waals surface area contributed by atoms with Crippen molar-refractivity contribution >= 4 is 23.4 Å². The average Bonchev–Trinajstić information content (AvgIpc) is 3.37. The van der Waals surface area contributed by atoms with Crippen LogP contribution >= 0.6 is 11.6 Å². The maximum atomic E-state index is 6.40.